The number of benzene rings is 1. The van der Waals surface area contributed by atoms with Crippen molar-refractivity contribution in [3.63, 3.8) is 0 Å². The van der Waals surface area contributed by atoms with Crippen molar-refractivity contribution in [1.29, 1.82) is 0 Å². The summed E-state index contributed by atoms with van der Waals surface area (Å²) in [5.41, 5.74) is 0.770. The Balaban J connectivity index is 3.06. The highest BCUT2D eigenvalue weighted by Gasteiger charge is 2.06. The Hall–Kier alpha value is -0.800. The minimum atomic E-state index is -0.0276. The Morgan fingerprint density at radius 2 is 2.07 bits per heavy atom. The normalized spacial score (nSPS) is 10.8. The number of aldehydes is 1. The van der Waals surface area contributed by atoms with Crippen molar-refractivity contribution in [2.24, 2.45) is 0 Å². The molecule has 2 nitrogen and oxygen atoms in total. The van der Waals surface area contributed by atoms with Crippen LogP contribution in [-0.2, 0) is 0 Å². The Morgan fingerprint density at radius 1 is 1.40 bits per heavy atom. The molecule has 0 aliphatic rings. The van der Waals surface area contributed by atoms with E-state index >= 15 is 0 Å². The van der Waals surface area contributed by atoms with Crippen molar-refractivity contribution >= 4 is 39.9 Å². The zero-order chi connectivity index (χ0) is 11.3. The van der Waals surface area contributed by atoms with E-state index in [-0.39, 0.29) is 11.3 Å². The van der Waals surface area contributed by atoms with Crippen LogP contribution in [0.15, 0.2) is 18.2 Å². The van der Waals surface area contributed by atoms with Crippen LogP contribution in [0.1, 0.15) is 22.3 Å². The second-order valence-corrected chi connectivity index (χ2v) is 4.16. The molecule has 4 heteroatoms. The molecule has 0 aliphatic carbocycles. The van der Waals surface area contributed by atoms with Gasteiger partial charge in [-0.25, -0.2) is 0 Å². The van der Waals surface area contributed by atoms with Crippen molar-refractivity contribution in [1.82, 2.24) is 0 Å². The zero-order valence-electron chi connectivity index (χ0n) is 7.91. The maximum Gasteiger partial charge on any atom is 0.153 e. The summed E-state index contributed by atoms with van der Waals surface area (Å²) in [7, 11) is 0. The van der Waals surface area contributed by atoms with Crippen molar-refractivity contribution < 1.29 is 9.90 Å². The van der Waals surface area contributed by atoms with E-state index in [2.05, 4.69) is 15.9 Å². The van der Waals surface area contributed by atoms with Gasteiger partial charge in [0, 0.05) is 15.9 Å². The summed E-state index contributed by atoms with van der Waals surface area (Å²) in [5, 5.41) is 11.0. The van der Waals surface area contributed by atoms with Gasteiger partial charge in [0.2, 0.25) is 0 Å². The van der Waals surface area contributed by atoms with Crippen LogP contribution in [0, 0.1) is 0 Å². The third-order valence-corrected chi connectivity index (χ3v) is 2.51. The number of carbonyl (C=O) groups is 1. The number of phenolic OH excluding ortho intramolecular Hbond substituents is 1. The number of aromatic hydroxyl groups is 1. The first-order valence-electron chi connectivity index (χ1n) is 4.39. The molecule has 1 N–H and O–H groups in total. The summed E-state index contributed by atoms with van der Waals surface area (Å²) in [4.78, 5) is 10.6. The smallest absolute Gasteiger partial charge is 0.153 e. The zero-order valence-corrected chi connectivity index (χ0v) is 10.3. The molecule has 0 amide bonds. The molecule has 0 saturated heterocycles. The van der Waals surface area contributed by atoms with E-state index in [0.717, 1.165) is 11.8 Å². The van der Waals surface area contributed by atoms with Gasteiger partial charge in [0.25, 0.3) is 0 Å². The number of carbonyl (C=O) groups excluding carboxylic acids is 1. The van der Waals surface area contributed by atoms with Gasteiger partial charge < -0.3 is 5.11 Å². The molecule has 0 aromatic heterocycles. The maximum absolute atomic E-state index is 10.6. The molecule has 0 heterocycles. The van der Waals surface area contributed by atoms with Crippen molar-refractivity contribution in [2.75, 3.05) is 5.33 Å². The lowest BCUT2D eigenvalue weighted by molar-refractivity contribution is 0.112. The van der Waals surface area contributed by atoms with Gasteiger partial charge >= 0.3 is 0 Å². The standard InChI is InChI=1S/C11H10BrClO2/c12-4-2-1-3-8-5-10(13)6-9(7-14)11(8)15/h1,3,5-7,15H,2,4H2. The summed E-state index contributed by atoms with van der Waals surface area (Å²) in [5.74, 6) is -0.0276. The monoisotopic (exact) mass is 288 g/mol. The van der Waals surface area contributed by atoms with Gasteiger partial charge in [-0.2, -0.15) is 0 Å². The summed E-state index contributed by atoms with van der Waals surface area (Å²) in [6.07, 6.45) is 5.08. The molecule has 0 fully saturated rings. The van der Waals surface area contributed by atoms with Crippen LogP contribution in [0.3, 0.4) is 0 Å². The topological polar surface area (TPSA) is 37.3 Å². The highest BCUT2D eigenvalue weighted by atomic mass is 79.9. The van der Waals surface area contributed by atoms with E-state index in [4.69, 9.17) is 11.6 Å². The predicted molar refractivity (Wildman–Crippen MR) is 65.9 cm³/mol. The number of halogens is 2. The number of phenols is 1. The molecule has 1 rings (SSSR count). The minimum Gasteiger partial charge on any atom is -0.507 e. The van der Waals surface area contributed by atoms with Gasteiger partial charge in [-0.1, -0.05) is 39.7 Å². The Morgan fingerprint density at radius 3 is 2.67 bits per heavy atom. The van der Waals surface area contributed by atoms with Crippen molar-refractivity contribution in [2.45, 2.75) is 6.42 Å². The Labute approximate surface area is 102 Å². The molecule has 1 aromatic carbocycles. The molecule has 1 aromatic rings. The van der Waals surface area contributed by atoms with Gasteiger partial charge in [-0.15, -0.1) is 0 Å². The van der Waals surface area contributed by atoms with Crippen LogP contribution in [0.5, 0.6) is 5.75 Å². The van der Waals surface area contributed by atoms with Crippen LogP contribution in [0.25, 0.3) is 6.08 Å². The van der Waals surface area contributed by atoms with E-state index in [0.29, 0.717) is 16.9 Å². The first kappa shape index (κ1) is 12.3. The van der Waals surface area contributed by atoms with E-state index in [1.807, 2.05) is 6.08 Å². The van der Waals surface area contributed by atoms with Crippen LogP contribution in [0.2, 0.25) is 5.02 Å². The number of allylic oxidation sites excluding steroid dienone is 1. The number of rotatable bonds is 4. The number of alkyl halides is 1. The summed E-state index contributed by atoms with van der Waals surface area (Å²) < 4.78 is 0. The van der Waals surface area contributed by atoms with E-state index < -0.39 is 0 Å². The van der Waals surface area contributed by atoms with Crippen molar-refractivity contribution in [3.8, 4) is 5.75 Å². The molecule has 0 aliphatic heterocycles. The predicted octanol–water partition coefficient (Wildman–Crippen LogP) is 3.66. The van der Waals surface area contributed by atoms with E-state index in [1.165, 1.54) is 6.07 Å². The highest BCUT2D eigenvalue weighted by Crippen LogP contribution is 2.27. The average molecular weight is 290 g/mol. The largest absolute Gasteiger partial charge is 0.507 e. The highest BCUT2D eigenvalue weighted by molar-refractivity contribution is 9.09. The fourth-order valence-electron chi connectivity index (χ4n) is 1.13. The lowest BCUT2D eigenvalue weighted by atomic mass is 10.1. The molecule has 0 atom stereocenters. The fourth-order valence-corrected chi connectivity index (χ4v) is 1.63. The summed E-state index contributed by atoms with van der Waals surface area (Å²) in [6.45, 7) is 0. The maximum atomic E-state index is 10.6. The van der Waals surface area contributed by atoms with Gasteiger partial charge in [0.1, 0.15) is 5.75 Å². The molecule has 0 radical (unpaired) electrons. The van der Waals surface area contributed by atoms with Crippen LogP contribution in [-0.4, -0.2) is 16.7 Å². The molecule has 15 heavy (non-hydrogen) atoms. The second kappa shape index (κ2) is 5.93. The Bertz CT molecular complexity index is 388. The van der Waals surface area contributed by atoms with Gasteiger partial charge in [-0.05, 0) is 18.6 Å². The third-order valence-electron chi connectivity index (χ3n) is 1.83. The average Bonchev–Trinajstić information content (AvgIpc) is 2.23. The SMILES string of the molecule is O=Cc1cc(Cl)cc(C=CCCBr)c1O. The van der Waals surface area contributed by atoms with Crippen LogP contribution >= 0.6 is 27.5 Å². The molecule has 0 spiro atoms. The number of hydrogen-bond acceptors (Lipinski definition) is 2. The number of hydrogen-bond donors (Lipinski definition) is 1. The molecular weight excluding hydrogens is 279 g/mol. The first-order chi connectivity index (χ1) is 7.19. The summed E-state index contributed by atoms with van der Waals surface area (Å²) in [6, 6.07) is 3.06. The van der Waals surface area contributed by atoms with Crippen molar-refractivity contribution in [3.05, 3.63) is 34.4 Å². The molecule has 0 bridgehead atoms. The third kappa shape index (κ3) is 3.36. The molecule has 80 valence electrons. The molecular formula is C11H10BrClO2. The molecule has 0 unspecified atom stereocenters. The first-order valence-corrected chi connectivity index (χ1v) is 5.89. The lowest BCUT2D eigenvalue weighted by Gasteiger charge is -2.03. The minimum absolute atomic E-state index is 0.0276. The summed E-state index contributed by atoms with van der Waals surface area (Å²) >= 11 is 9.09. The Kier molecular flexibility index (Phi) is 4.85. The van der Waals surface area contributed by atoms with Crippen LogP contribution in [0.4, 0.5) is 0 Å². The van der Waals surface area contributed by atoms with E-state index in [9.17, 15) is 9.90 Å². The van der Waals surface area contributed by atoms with Gasteiger partial charge in [-0.3, -0.25) is 4.79 Å². The molecule has 0 saturated carbocycles. The second-order valence-electron chi connectivity index (χ2n) is 2.93. The quantitative estimate of drug-likeness (QED) is 0.678. The van der Waals surface area contributed by atoms with Gasteiger partial charge in [0.05, 0.1) is 5.56 Å². The fraction of sp³-hybridized carbons (Fsp3) is 0.182. The van der Waals surface area contributed by atoms with Crippen LogP contribution < -0.4 is 0 Å². The lowest BCUT2D eigenvalue weighted by Crippen LogP contribution is -1.85. The van der Waals surface area contributed by atoms with Gasteiger partial charge in [0.15, 0.2) is 6.29 Å². The van der Waals surface area contributed by atoms with E-state index in [1.54, 1.807) is 12.1 Å².